The number of nitro benzene ring substituents is 1. The number of non-ortho nitro benzene ring substituents is 1. The van der Waals surface area contributed by atoms with Crippen LogP contribution in [-0.4, -0.2) is 38.1 Å². The van der Waals surface area contributed by atoms with Gasteiger partial charge in [-0.25, -0.2) is 0 Å². The molecule has 0 aliphatic carbocycles. The number of hydrogen-bond donors (Lipinski definition) is 2. The number of quaternary nitrogens is 1. The molecular formula is C12H18N3O4+. The minimum atomic E-state index is -0.518. The van der Waals surface area contributed by atoms with Gasteiger partial charge in [-0.1, -0.05) is 0 Å². The molecule has 7 nitrogen and oxygen atoms in total. The summed E-state index contributed by atoms with van der Waals surface area (Å²) in [6, 6.07) is 3.80. The smallest absolute Gasteiger partial charge is 0.282 e. The summed E-state index contributed by atoms with van der Waals surface area (Å²) in [6.07, 6.45) is 0. The lowest BCUT2D eigenvalue weighted by atomic mass is 10.2. The third-order valence-corrected chi connectivity index (χ3v) is 2.91. The second kappa shape index (κ2) is 6.14. The number of nitrogens with zero attached hydrogens (tertiary/aromatic N) is 1. The molecular weight excluding hydrogens is 250 g/mol. The Morgan fingerprint density at radius 3 is 2.58 bits per heavy atom. The van der Waals surface area contributed by atoms with Crippen LogP contribution in [0, 0.1) is 10.1 Å². The summed E-state index contributed by atoms with van der Waals surface area (Å²) in [6.45, 7) is 1.77. The molecule has 7 heteroatoms. The lowest BCUT2D eigenvalue weighted by molar-refractivity contribution is -0.873. The molecule has 104 valence electrons. The Morgan fingerprint density at radius 1 is 1.47 bits per heavy atom. The number of amides is 1. The first-order valence-electron chi connectivity index (χ1n) is 5.80. The first-order valence-corrected chi connectivity index (χ1v) is 5.80. The molecule has 1 aromatic carbocycles. The van der Waals surface area contributed by atoms with E-state index in [4.69, 9.17) is 4.74 Å². The van der Waals surface area contributed by atoms with Crippen molar-refractivity contribution in [1.82, 2.24) is 0 Å². The van der Waals surface area contributed by atoms with E-state index < -0.39 is 4.92 Å². The fourth-order valence-corrected chi connectivity index (χ4v) is 1.41. The first-order chi connectivity index (χ1) is 8.86. The zero-order valence-corrected chi connectivity index (χ0v) is 11.4. The first kappa shape index (κ1) is 14.9. The van der Waals surface area contributed by atoms with Crippen molar-refractivity contribution in [1.29, 1.82) is 0 Å². The number of hydrogen-bond acceptors (Lipinski definition) is 4. The third-order valence-electron chi connectivity index (χ3n) is 2.91. The van der Waals surface area contributed by atoms with Crippen molar-refractivity contribution in [3.63, 3.8) is 0 Å². The second-order valence-corrected chi connectivity index (χ2v) is 4.43. The van der Waals surface area contributed by atoms with Crippen LogP contribution in [0.15, 0.2) is 18.2 Å². The van der Waals surface area contributed by atoms with Crippen molar-refractivity contribution in [2.45, 2.75) is 13.0 Å². The maximum Gasteiger partial charge on any atom is 0.282 e. The molecule has 0 aliphatic heterocycles. The highest BCUT2D eigenvalue weighted by atomic mass is 16.6. The van der Waals surface area contributed by atoms with Crippen molar-refractivity contribution in [3.05, 3.63) is 28.3 Å². The molecule has 1 rings (SSSR count). The van der Waals surface area contributed by atoms with E-state index in [-0.39, 0.29) is 17.6 Å². The van der Waals surface area contributed by atoms with Gasteiger partial charge in [0.1, 0.15) is 5.75 Å². The van der Waals surface area contributed by atoms with Crippen molar-refractivity contribution in [2.75, 3.05) is 26.5 Å². The van der Waals surface area contributed by atoms with E-state index in [0.29, 0.717) is 11.4 Å². The van der Waals surface area contributed by atoms with E-state index in [2.05, 4.69) is 5.32 Å². The van der Waals surface area contributed by atoms with Crippen LogP contribution >= 0.6 is 0 Å². The highest BCUT2D eigenvalue weighted by molar-refractivity contribution is 5.95. The molecule has 0 spiro atoms. The Labute approximate surface area is 111 Å². The van der Waals surface area contributed by atoms with Gasteiger partial charge in [0, 0.05) is 12.1 Å². The maximum absolute atomic E-state index is 11.9. The topological polar surface area (TPSA) is 85.9 Å². The van der Waals surface area contributed by atoms with Gasteiger partial charge in [-0.15, -0.1) is 0 Å². The lowest BCUT2D eigenvalue weighted by Crippen LogP contribution is -3.11. The van der Waals surface area contributed by atoms with Gasteiger partial charge in [0.15, 0.2) is 6.04 Å². The highest BCUT2D eigenvalue weighted by Crippen LogP contribution is 2.28. The van der Waals surface area contributed by atoms with Gasteiger partial charge in [0.25, 0.3) is 11.6 Å². The molecule has 0 fully saturated rings. The zero-order valence-electron chi connectivity index (χ0n) is 11.4. The van der Waals surface area contributed by atoms with Gasteiger partial charge in [0.05, 0.1) is 31.8 Å². The van der Waals surface area contributed by atoms with Crippen molar-refractivity contribution in [2.24, 2.45) is 0 Å². The Hall–Kier alpha value is -2.15. The molecule has 0 radical (unpaired) electrons. The van der Waals surface area contributed by atoms with E-state index in [1.165, 1.54) is 25.3 Å². The van der Waals surface area contributed by atoms with Crippen molar-refractivity contribution in [3.8, 4) is 5.75 Å². The SMILES string of the molecule is COc1ccc([N+](=O)[O-])cc1NC(=O)[C@H](C)[NH+](C)C. The number of carbonyl (C=O) groups is 1. The monoisotopic (exact) mass is 268 g/mol. The average molecular weight is 268 g/mol. The Balaban J connectivity index is 3.01. The number of nitro groups is 1. The number of methoxy groups -OCH3 is 1. The number of benzene rings is 1. The predicted molar refractivity (Wildman–Crippen MR) is 70.6 cm³/mol. The number of ether oxygens (including phenoxy) is 1. The number of anilines is 1. The summed E-state index contributed by atoms with van der Waals surface area (Å²) in [5, 5.41) is 13.4. The average Bonchev–Trinajstić information content (AvgIpc) is 2.37. The lowest BCUT2D eigenvalue weighted by Gasteiger charge is -2.17. The van der Waals surface area contributed by atoms with Crippen LogP contribution in [0.2, 0.25) is 0 Å². The van der Waals surface area contributed by atoms with Crippen LogP contribution < -0.4 is 15.0 Å². The predicted octanol–water partition coefficient (Wildman–Crippen LogP) is 0.0749. The standard InChI is InChI=1S/C12H17N3O4/c1-8(14(2)3)12(16)13-10-7-9(15(17)18)5-6-11(10)19-4/h5-8H,1-4H3,(H,13,16)/p+1/t8-/m0/s1. The number of rotatable bonds is 5. The summed E-state index contributed by atoms with van der Waals surface area (Å²) < 4.78 is 5.08. The highest BCUT2D eigenvalue weighted by Gasteiger charge is 2.21. The quantitative estimate of drug-likeness (QED) is 0.584. The second-order valence-electron chi connectivity index (χ2n) is 4.43. The molecule has 0 saturated heterocycles. The van der Waals surface area contributed by atoms with Gasteiger partial charge in [0.2, 0.25) is 0 Å². The van der Waals surface area contributed by atoms with Gasteiger partial charge in [-0.2, -0.15) is 0 Å². The Kier molecular flexibility index (Phi) is 4.82. The van der Waals surface area contributed by atoms with Crippen LogP contribution in [0.3, 0.4) is 0 Å². The number of nitrogens with one attached hydrogen (secondary N) is 2. The largest absolute Gasteiger partial charge is 0.495 e. The molecule has 0 aromatic heterocycles. The van der Waals surface area contributed by atoms with Gasteiger partial charge >= 0.3 is 0 Å². The summed E-state index contributed by atoms with van der Waals surface area (Å²) in [5.41, 5.74) is 0.204. The molecule has 0 saturated carbocycles. The summed E-state index contributed by atoms with van der Waals surface area (Å²) in [5.74, 6) is 0.165. The van der Waals surface area contributed by atoms with E-state index in [0.717, 1.165) is 4.90 Å². The maximum atomic E-state index is 11.9. The minimum Gasteiger partial charge on any atom is -0.495 e. The minimum absolute atomic E-state index is 0.0963. The normalized spacial score (nSPS) is 12.1. The Morgan fingerprint density at radius 2 is 2.11 bits per heavy atom. The van der Waals surface area contributed by atoms with Crippen LogP contribution in [0.4, 0.5) is 11.4 Å². The molecule has 1 aromatic rings. The van der Waals surface area contributed by atoms with Crippen molar-refractivity contribution >= 4 is 17.3 Å². The molecule has 1 amide bonds. The summed E-state index contributed by atoms with van der Waals surface area (Å²) in [7, 11) is 5.15. The number of likely N-dealkylation sites (N-methyl/N-ethyl adjacent to an activating group) is 1. The summed E-state index contributed by atoms with van der Waals surface area (Å²) >= 11 is 0. The van der Waals surface area contributed by atoms with Crippen molar-refractivity contribution < 1.29 is 19.4 Å². The molecule has 19 heavy (non-hydrogen) atoms. The Bertz CT molecular complexity index is 488. The molecule has 0 aliphatic rings. The third kappa shape index (κ3) is 3.65. The molecule has 0 unspecified atom stereocenters. The fraction of sp³-hybridized carbons (Fsp3) is 0.417. The molecule has 2 N–H and O–H groups in total. The molecule has 0 heterocycles. The summed E-state index contributed by atoms with van der Waals surface area (Å²) in [4.78, 5) is 23.1. The van der Waals surface area contributed by atoms with E-state index in [9.17, 15) is 14.9 Å². The van der Waals surface area contributed by atoms with Crippen LogP contribution in [0.1, 0.15) is 6.92 Å². The van der Waals surface area contributed by atoms with Crippen LogP contribution in [-0.2, 0) is 4.79 Å². The van der Waals surface area contributed by atoms with Gasteiger partial charge in [-0.3, -0.25) is 14.9 Å². The van der Waals surface area contributed by atoms with Crippen LogP contribution in [0.25, 0.3) is 0 Å². The van der Waals surface area contributed by atoms with E-state index >= 15 is 0 Å². The van der Waals surface area contributed by atoms with E-state index in [1.54, 1.807) is 6.92 Å². The fourth-order valence-electron chi connectivity index (χ4n) is 1.41. The van der Waals surface area contributed by atoms with Gasteiger partial charge < -0.3 is 15.0 Å². The molecule has 0 bridgehead atoms. The van der Waals surface area contributed by atoms with E-state index in [1.807, 2.05) is 14.1 Å². The van der Waals surface area contributed by atoms with Gasteiger partial charge in [-0.05, 0) is 13.0 Å². The zero-order chi connectivity index (χ0) is 14.6. The molecule has 1 atom stereocenters. The number of carbonyl (C=O) groups excluding carboxylic acids is 1. The van der Waals surface area contributed by atoms with Crippen LogP contribution in [0.5, 0.6) is 5.75 Å².